The molecule has 3 rings (SSSR count). The van der Waals surface area contributed by atoms with E-state index < -0.39 is 11.9 Å². The first-order valence-electron chi connectivity index (χ1n) is 7.40. The van der Waals surface area contributed by atoms with Crippen molar-refractivity contribution in [3.8, 4) is 11.3 Å². The maximum absolute atomic E-state index is 12.1. The van der Waals surface area contributed by atoms with Crippen LogP contribution in [0.15, 0.2) is 54.6 Å². The molecule has 0 aliphatic rings. The highest BCUT2D eigenvalue weighted by Gasteiger charge is 2.13. The molecule has 6 nitrogen and oxygen atoms in total. The van der Waals surface area contributed by atoms with Crippen LogP contribution in [0.4, 0.5) is 0 Å². The number of carbonyl (C=O) groups excluding carboxylic acids is 2. The summed E-state index contributed by atoms with van der Waals surface area (Å²) in [5, 5.41) is 7.39. The zero-order valence-corrected chi connectivity index (χ0v) is 13.8. The molecule has 0 atom stereocenters. The summed E-state index contributed by atoms with van der Waals surface area (Å²) < 4.78 is 5.24. The van der Waals surface area contributed by atoms with Crippen LogP contribution in [0.3, 0.4) is 0 Å². The second kappa shape index (κ2) is 7.19. The van der Waals surface area contributed by atoms with Gasteiger partial charge in [0.25, 0.3) is 0 Å². The molecule has 3 N–H and O–H groups in total. The van der Waals surface area contributed by atoms with E-state index in [2.05, 4.69) is 10.2 Å². The summed E-state index contributed by atoms with van der Waals surface area (Å²) in [4.78, 5) is 23.1. The number of aromatic nitrogens is 2. The molecular weight excluding hydrogens is 342 g/mol. The van der Waals surface area contributed by atoms with Crippen molar-refractivity contribution in [2.75, 3.05) is 0 Å². The quantitative estimate of drug-likeness (QED) is 0.686. The van der Waals surface area contributed by atoms with E-state index in [9.17, 15) is 9.59 Å². The fourth-order valence-electron chi connectivity index (χ4n) is 2.19. The number of nitrogens with one attached hydrogen (secondary N) is 1. The largest absolute Gasteiger partial charge is 0.456 e. The molecule has 0 radical (unpaired) electrons. The molecule has 25 heavy (non-hydrogen) atoms. The van der Waals surface area contributed by atoms with Crippen LogP contribution >= 0.6 is 11.6 Å². The Kier molecular flexibility index (Phi) is 4.81. The molecule has 3 aromatic rings. The maximum Gasteiger partial charge on any atom is 0.356 e. The fraction of sp³-hybridized carbons (Fsp3) is 0.0556. The summed E-state index contributed by atoms with van der Waals surface area (Å²) in [6, 6.07) is 15.3. The predicted octanol–water partition coefficient (Wildman–Crippen LogP) is 3.19. The first-order valence-corrected chi connectivity index (χ1v) is 7.78. The molecule has 0 unspecified atom stereocenters. The maximum atomic E-state index is 12.1. The van der Waals surface area contributed by atoms with E-state index in [0.29, 0.717) is 16.3 Å². The molecular formula is C18H14ClN3O3. The van der Waals surface area contributed by atoms with E-state index in [1.807, 2.05) is 12.1 Å². The Labute approximate surface area is 148 Å². The van der Waals surface area contributed by atoms with E-state index in [-0.39, 0.29) is 12.3 Å². The van der Waals surface area contributed by atoms with Crippen LogP contribution in [0.5, 0.6) is 0 Å². The van der Waals surface area contributed by atoms with Gasteiger partial charge in [0.15, 0.2) is 0 Å². The van der Waals surface area contributed by atoms with Gasteiger partial charge in [-0.25, -0.2) is 4.79 Å². The standard InChI is InChI=1S/C18H14ClN3O3/c19-14-7-5-12(6-8-14)15-9-16(22-21-15)18(24)25-10-11-1-3-13(4-2-11)17(20)23/h1-9H,10H2,(H2,20,23)(H,21,22). The molecule has 0 bridgehead atoms. The van der Waals surface area contributed by atoms with Gasteiger partial charge >= 0.3 is 5.97 Å². The number of amides is 1. The normalized spacial score (nSPS) is 10.4. The Morgan fingerprint density at radius 2 is 1.76 bits per heavy atom. The summed E-state index contributed by atoms with van der Waals surface area (Å²) in [5.41, 5.74) is 8.03. The summed E-state index contributed by atoms with van der Waals surface area (Å²) in [6.45, 7) is 0.0766. The minimum Gasteiger partial charge on any atom is -0.456 e. The van der Waals surface area contributed by atoms with Crippen LogP contribution in [0.1, 0.15) is 26.4 Å². The van der Waals surface area contributed by atoms with Gasteiger partial charge in [0.05, 0.1) is 5.69 Å². The zero-order valence-electron chi connectivity index (χ0n) is 13.0. The second-order valence-corrected chi connectivity index (χ2v) is 5.75. The summed E-state index contributed by atoms with van der Waals surface area (Å²) in [5.74, 6) is -1.03. The smallest absolute Gasteiger partial charge is 0.356 e. The van der Waals surface area contributed by atoms with Gasteiger partial charge in [-0.3, -0.25) is 9.89 Å². The first kappa shape index (κ1) is 16.7. The molecule has 2 aromatic carbocycles. The van der Waals surface area contributed by atoms with Crippen LogP contribution < -0.4 is 5.73 Å². The topological polar surface area (TPSA) is 98.1 Å². The van der Waals surface area contributed by atoms with E-state index in [1.165, 1.54) is 0 Å². The van der Waals surface area contributed by atoms with Gasteiger partial charge in [-0.1, -0.05) is 35.9 Å². The van der Waals surface area contributed by atoms with Crippen molar-refractivity contribution >= 4 is 23.5 Å². The van der Waals surface area contributed by atoms with E-state index in [4.69, 9.17) is 22.1 Å². The molecule has 0 saturated heterocycles. The lowest BCUT2D eigenvalue weighted by Gasteiger charge is -2.04. The Morgan fingerprint density at radius 3 is 2.40 bits per heavy atom. The number of ether oxygens (including phenoxy) is 1. The molecule has 1 aromatic heterocycles. The molecule has 0 aliphatic carbocycles. The van der Waals surface area contributed by atoms with Gasteiger partial charge in [-0.05, 0) is 35.9 Å². The minimum atomic E-state index is -0.522. The van der Waals surface area contributed by atoms with Crippen molar-refractivity contribution in [3.05, 3.63) is 76.4 Å². The van der Waals surface area contributed by atoms with E-state index in [1.54, 1.807) is 42.5 Å². The van der Waals surface area contributed by atoms with Crippen LogP contribution in [0.25, 0.3) is 11.3 Å². The lowest BCUT2D eigenvalue weighted by atomic mass is 10.1. The third-order valence-electron chi connectivity index (χ3n) is 3.55. The number of rotatable bonds is 5. The van der Waals surface area contributed by atoms with Gasteiger partial charge in [0.1, 0.15) is 12.3 Å². The number of halogens is 1. The van der Waals surface area contributed by atoms with Gasteiger partial charge in [-0.2, -0.15) is 5.10 Å². The molecule has 0 saturated carbocycles. The molecule has 126 valence electrons. The monoisotopic (exact) mass is 355 g/mol. The van der Waals surface area contributed by atoms with Gasteiger partial charge in [0, 0.05) is 16.1 Å². The SMILES string of the molecule is NC(=O)c1ccc(COC(=O)c2cc(-c3ccc(Cl)cc3)n[nH]2)cc1. The molecule has 0 aliphatic heterocycles. The highest BCUT2D eigenvalue weighted by atomic mass is 35.5. The third-order valence-corrected chi connectivity index (χ3v) is 3.80. The molecule has 1 amide bonds. The highest BCUT2D eigenvalue weighted by molar-refractivity contribution is 6.30. The molecule has 0 fully saturated rings. The van der Waals surface area contributed by atoms with Gasteiger partial charge in [0.2, 0.25) is 5.91 Å². The number of carbonyl (C=O) groups is 2. The number of primary amides is 1. The minimum absolute atomic E-state index is 0.0766. The molecule has 1 heterocycles. The van der Waals surface area contributed by atoms with Crippen LogP contribution in [0.2, 0.25) is 5.02 Å². The summed E-state index contributed by atoms with van der Waals surface area (Å²) >= 11 is 5.85. The lowest BCUT2D eigenvalue weighted by Crippen LogP contribution is -2.11. The Bertz CT molecular complexity index is 902. The van der Waals surface area contributed by atoms with Crippen LogP contribution in [-0.2, 0) is 11.3 Å². The number of esters is 1. The van der Waals surface area contributed by atoms with Crippen LogP contribution in [-0.4, -0.2) is 22.1 Å². The number of H-pyrrole nitrogens is 1. The van der Waals surface area contributed by atoms with E-state index >= 15 is 0 Å². The van der Waals surface area contributed by atoms with Gasteiger partial charge in [-0.15, -0.1) is 0 Å². The molecule has 7 heteroatoms. The number of benzene rings is 2. The van der Waals surface area contributed by atoms with Gasteiger partial charge < -0.3 is 10.5 Å². The Balaban J connectivity index is 1.63. The number of hydrogen-bond donors (Lipinski definition) is 2. The fourth-order valence-corrected chi connectivity index (χ4v) is 2.31. The average molecular weight is 356 g/mol. The number of hydrogen-bond acceptors (Lipinski definition) is 4. The van der Waals surface area contributed by atoms with Crippen molar-refractivity contribution in [1.29, 1.82) is 0 Å². The first-order chi connectivity index (χ1) is 12.0. The van der Waals surface area contributed by atoms with Crippen LogP contribution in [0, 0.1) is 0 Å². The summed E-state index contributed by atoms with van der Waals surface area (Å²) in [6.07, 6.45) is 0. The lowest BCUT2D eigenvalue weighted by molar-refractivity contribution is 0.0465. The molecule has 0 spiro atoms. The number of aromatic amines is 1. The van der Waals surface area contributed by atoms with Crippen molar-refractivity contribution in [3.63, 3.8) is 0 Å². The third kappa shape index (κ3) is 4.05. The number of nitrogens with zero attached hydrogens (tertiary/aromatic N) is 1. The van der Waals surface area contributed by atoms with E-state index in [0.717, 1.165) is 11.1 Å². The summed E-state index contributed by atoms with van der Waals surface area (Å²) in [7, 11) is 0. The highest BCUT2D eigenvalue weighted by Crippen LogP contribution is 2.20. The predicted molar refractivity (Wildman–Crippen MR) is 93.1 cm³/mol. The van der Waals surface area contributed by atoms with Crippen molar-refractivity contribution < 1.29 is 14.3 Å². The Morgan fingerprint density at radius 1 is 1.08 bits per heavy atom. The van der Waals surface area contributed by atoms with Crippen molar-refractivity contribution in [2.24, 2.45) is 5.73 Å². The average Bonchev–Trinajstić information content (AvgIpc) is 3.11. The Hall–Kier alpha value is -3.12. The van der Waals surface area contributed by atoms with Crippen molar-refractivity contribution in [2.45, 2.75) is 6.61 Å². The zero-order chi connectivity index (χ0) is 17.8. The second-order valence-electron chi connectivity index (χ2n) is 5.31. The van der Waals surface area contributed by atoms with Crippen molar-refractivity contribution in [1.82, 2.24) is 10.2 Å². The number of nitrogens with two attached hydrogens (primary N) is 1.